The van der Waals surface area contributed by atoms with E-state index < -0.39 is 12.2 Å². The molecule has 0 saturated carbocycles. The highest BCUT2D eigenvalue weighted by Gasteiger charge is 2.32. The fourth-order valence-electron chi connectivity index (χ4n) is 2.91. The van der Waals surface area contributed by atoms with Crippen LogP contribution >= 0.6 is 0 Å². The Balaban J connectivity index is 1.57. The number of anilines is 2. The van der Waals surface area contributed by atoms with Gasteiger partial charge >= 0.3 is 6.09 Å². The van der Waals surface area contributed by atoms with Crippen molar-refractivity contribution in [3.63, 3.8) is 0 Å². The number of benzene rings is 1. The Morgan fingerprint density at radius 1 is 1.20 bits per heavy atom. The second-order valence-corrected chi connectivity index (χ2v) is 6.13. The van der Waals surface area contributed by atoms with Crippen LogP contribution in [0.3, 0.4) is 0 Å². The third kappa shape index (κ3) is 4.27. The molecule has 2 heterocycles. The highest BCUT2D eigenvalue weighted by Crippen LogP contribution is 2.26. The number of carbonyl (C=O) groups excluding carboxylic acids is 3. The van der Waals surface area contributed by atoms with Gasteiger partial charge in [-0.05, 0) is 24.3 Å². The molecule has 1 aromatic carbocycles. The number of Topliss-reactive ketones (excluding diaryl/α,β-unsaturated/α-hetero) is 1. The lowest BCUT2D eigenvalue weighted by molar-refractivity contribution is -0.133. The van der Waals surface area contributed by atoms with Crippen molar-refractivity contribution in [2.75, 3.05) is 36.0 Å². The lowest BCUT2D eigenvalue weighted by Crippen LogP contribution is -2.33. The molecule has 0 radical (unpaired) electrons. The van der Waals surface area contributed by atoms with Crippen molar-refractivity contribution in [2.45, 2.75) is 25.9 Å². The number of ether oxygens (including phenoxy) is 1. The second-order valence-electron chi connectivity index (χ2n) is 6.13. The molecule has 1 aromatic rings. The van der Waals surface area contributed by atoms with Crippen molar-refractivity contribution in [1.82, 2.24) is 5.48 Å². The monoisotopic (exact) mass is 347 g/mol. The van der Waals surface area contributed by atoms with E-state index in [1.165, 1.54) is 11.8 Å². The van der Waals surface area contributed by atoms with Crippen molar-refractivity contribution in [1.29, 1.82) is 0 Å². The molecule has 2 fully saturated rings. The van der Waals surface area contributed by atoms with E-state index in [1.807, 2.05) is 24.3 Å². The summed E-state index contributed by atoms with van der Waals surface area (Å²) in [6.45, 7) is 3.25. The number of amides is 2. The number of ketones is 1. The molecule has 1 atom stereocenters. The van der Waals surface area contributed by atoms with Crippen LogP contribution in [-0.4, -0.2) is 50.1 Å². The van der Waals surface area contributed by atoms with Gasteiger partial charge in [-0.25, -0.2) is 10.3 Å². The quantitative estimate of drug-likeness (QED) is 0.807. The second kappa shape index (κ2) is 7.52. The molecule has 3 rings (SSSR count). The third-order valence-electron chi connectivity index (χ3n) is 4.21. The van der Waals surface area contributed by atoms with Gasteiger partial charge in [0.2, 0.25) is 5.91 Å². The predicted octanol–water partition coefficient (Wildman–Crippen LogP) is 1.25. The van der Waals surface area contributed by atoms with E-state index in [4.69, 9.17) is 9.57 Å². The fraction of sp³-hybridized carbons (Fsp3) is 0.471. The molecule has 0 aromatic heterocycles. The summed E-state index contributed by atoms with van der Waals surface area (Å²) in [5.41, 5.74) is 3.99. The summed E-state index contributed by atoms with van der Waals surface area (Å²) >= 11 is 0. The van der Waals surface area contributed by atoms with Crippen LogP contribution in [0.5, 0.6) is 0 Å². The molecule has 2 amide bonds. The summed E-state index contributed by atoms with van der Waals surface area (Å²) in [6, 6.07) is 7.62. The largest absolute Gasteiger partial charge is 0.441 e. The van der Waals surface area contributed by atoms with Gasteiger partial charge in [-0.3, -0.25) is 19.3 Å². The number of hydrogen-bond donors (Lipinski definition) is 1. The van der Waals surface area contributed by atoms with Crippen molar-refractivity contribution < 1.29 is 24.0 Å². The van der Waals surface area contributed by atoms with Gasteiger partial charge in [0.05, 0.1) is 6.54 Å². The van der Waals surface area contributed by atoms with Crippen LogP contribution < -0.4 is 15.3 Å². The molecule has 8 heteroatoms. The van der Waals surface area contributed by atoms with Gasteiger partial charge in [-0.15, -0.1) is 0 Å². The van der Waals surface area contributed by atoms with Crippen LogP contribution in [-0.2, 0) is 19.2 Å². The Morgan fingerprint density at radius 2 is 1.84 bits per heavy atom. The van der Waals surface area contributed by atoms with Crippen molar-refractivity contribution in [3.05, 3.63) is 24.3 Å². The topological polar surface area (TPSA) is 88.2 Å². The fourth-order valence-corrected chi connectivity index (χ4v) is 2.91. The number of piperidine rings is 1. The number of nitrogens with one attached hydrogen (secondary N) is 1. The van der Waals surface area contributed by atoms with E-state index >= 15 is 0 Å². The molecule has 1 N–H and O–H groups in total. The first-order valence-corrected chi connectivity index (χ1v) is 8.26. The highest BCUT2D eigenvalue weighted by atomic mass is 16.7. The first-order chi connectivity index (χ1) is 12.0. The zero-order valence-corrected chi connectivity index (χ0v) is 14.1. The highest BCUT2D eigenvalue weighted by molar-refractivity contribution is 5.90. The molecule has 0 unspecified atom stereocenters. The van der Waals surface area contributed by atoms with Crippen molar-refractivity contribution in [3.8, 4) is 0 Å². The Morgan fingerprint density at radius 3 is 2.48 bits per heavy atom. The zero-order valence-electron chi connectivity index (χ0n) is 14.1. The van der Waals surface area contributed by atoms with Gasteiger partial charge in [-0.1, -0.05) is 0 Å². The van der Waals surface area contributed by atoms with Gasteiger partial charge in [0.15, 0.2) is 0 Å². The molecule has 2 aliphatic heterocycles. The van der Waals surface area contributed by atoms with E-state index in [0.717, 1.165) is 24.5 Å². The molecule has 8 nitrogen and oxygen atoms in total. The molecule has 0 spiro atoms. The molecular weight excluding hydrogens is 326 g/mol. The van der Waals surface area contributed by atoms with Crippen LogP contribution in [0.1, 0.15) is 19.8 Å². The Kier molecular flexibility index (Phi) is 5.18. The van der Waals surface area contributed by atoms with E-state index in [1.54, 1.807) is 0 Å². The first kappa shape index (κ1) is 17.2. The minimum absolute atomic E-state index is 0.0989. The van der Waals surface area contributed by atoms with E-state index in [0.29, 0.717) is 25.2 Å². The maximum absolute atomic E-state index is 12.0. The molecule has 2 aliphatic rings. The molecule has 0 aliphatic carbocycles. The predicted molar refractivity (Wildman–Crippen MR) is 90.3 cm³/mol. The summed E-state index contributed by atoms with van der Waals surface area (Å²) in [7, 11) is 0. The average Bonchev–Trinajstić information content (AvgIpc) is 2.96. The number of hydroxylamine groups is 1. The third-order valence-corrected chi connectivity index (χ3v) is 4.21. The zero-order chi connectivity index (χ0) is 17.8. The molecule has 2 saturated heterocycles. The molecular formula is C17H21N3O5. The van der Waals surface area contributed by atoms with Gasteiger partial charge < -0.3 is 9.64 Å². The van der Waals surface area contributed by atoms with Crippen molar-refractivity contribution in [2.24, 2.45) is 0 Å². The lowest BCUT2D eigenvalue weighted by Gasteiger charge is -2.28. The number of rotatable bonds is 5. The Labute approximate surface area is 145 Å². The molecule has 25 heavy (non-hydrogen) atoms. The van der Waals surface area contributed by atoms with Gasteiger partial charge in [0.25, 0.3) is 0 Å². The smallest absolute Gasteiger partial charge is 0.414 e. The Hall–Kier alpha value is -2.61. The normalized spacial score (nSPS) is 20.6. The van der Waals surface area contributed by atoms with E-state index in [9.17, 15) is 14.4 Å². The molecule has 134 valence electrons. The maximum Gasteiger partial charge on any atom is 0.414 e. The average molecular weight is 347 g/mol. The Bertz CT molecular complexity index is 651. The summed E-state index contributed by atoms with van der Waals surface area (Å²) in [5, 5.41) is 0. The van der Waals surface area contributed by atoms with Crippen LogP contribution in [0.4, 0.5) is 16.2 Å². The van der Waals surface area contributed by atoms with Crippen molar-refractivity contribution >= 4 is 29.2 Å². The number of hydrogen-bond acceptors (Lipinski definition) is 6. The maximum atomic E-state index is 12.0. The number of nitrogens with zero attached hydrogens (tertiary/aromatic N) is 2. The lowest BCUT2D eigenvalue weighted by atomic mass is 10.1. The minimum Gasteiger partial charge on any atom is -0.441 e. The van der Waals surface area contributed by atoms with Gasteiger partial charge in [0.1, 0.15) is 18.5 Å². The minimum atomic E-state index is -0.438. The summed E-state index contributed by atoms with van der Waals surface area (Å²) in [5.74, 6) is -0.00335. The van der Waals surface area contributed by atoms with Gasteiger partial charge in [-0.2, -0.15) is 0 Å². The van der Waals surface area contributed by atoms with Gasteiger partial charge in [0, 0.05) is 44.2 Å². The number of cyclic esters (lactones) is 1. The molecule has 0 bridgehead atoms. The van der Waals surface area contributed by atoms with Crippen LogP contribution in [0.2, 0.25) is 0 Å². The standard InChI is InChI=1S/C17H21N3O5/c1-12(21)18-24-11-16-10-20(17(23)25-16)14-4-2-13(3-5-14)19-8-6-15(22)7-9-19/h2-5,16H,6-11H2,1H3,(H,18,21)/t16-/m1/s1. The van der Waals surface area contributed by atoms with E-state index in [2.05, 4.69) is 10.4 Å². The number of carbonyl (C=O) groups is 3. The van der Waals surface area contributed by atoms with Crippen LogP contribution in [0, 0.1) is 0 Å². The summed E-state index contributed by atoms with van der Waals surface area (Å²) in [4.78, 5) is 42.8. The first-order valence-electron chi connectivity index (χ1n) is 8.26. The SMILES string of the molecule is CC(=O)NOC[C@H]1CN(c2ccc(N3CCC(=O)CC3)cc2)C(=O)O1. The van der Waals surface area contributed by atoms with Crippen LogP contribution in [0.25, 0.3) is 0 Å². The summed E-state index contributed by atoms with van der Waals surface area (Å²) < 4.78 is 5.23. The summed E-state index contributed by atoms with van der Waals surface area (Å²) in [6.07, 6.45) is 0.284. The van der Waals surface area contributed by atoms with Crippen LogP contribution in [0.15, 0.2) is 24.3 Å². The van der Waals surface area contributed by atoms with E-state index in [-0.39, 0.29) is 12.5 Å².